The van der Waals surface area contributed by atoms with E-state index in [4.69, 9.17) is 0 Å². The Morgan fingerprint density at radius 3 is 2.33 bits per heavy atom. The first-order valence-corrected chi connectivity index (χ1v) is 3.86. The van der Waals surface area contributed by atoms with Crippen molar-refractivity contribution in [1.82, 2.24) is 0 Å². The van der Waals surface area contributed by atoms with Crippen molar-refractivity contribution in [2.75, 3.05) is 0 Å². The Kier molecular flexibility index (Phi) is 4.05. The first-order valence-electron chi connectivity index (χ1n) is 3.86. The summed E-state index contributed by atoms with van der Waals surface area (Å²) in [7, 11) is 0. The van der Waals surface area contributed by atoms with Gasteiger partial charge in [-0.2, -0.15) is 0 Å². The number of rotatable bonds is 1. The number of fused-ring (bicyclic) bond motifs is 1. The zero-order valence-electron chi connectivity index (χ0n) is 7.81. The number of hydrogen-bond acceptors (Lipinski definition) is 1. The van der Waals surface area contributed by atoms with Gasteiger partial charge in [-0.15, -0.1) is 0 Å². The number of hydrogen-bond donors (Lipinski definition) is 0. The molecule has 1 heterocycles. The van der Waals surface area contributed by atoms with E-state index in [9.17, 15) is 17.3 Å². The molecule has 2 aromatic rings. The molecule has 0 aliphatic carbocycles. The molecular formula is C8H4BF4KO. The summed E-state index contributed by atoms with van der Waals surface area (Å²) in [4.78, 5) is 0. The van der Waals surface area contributed by atoms with Gasteiger partial charge in [0.15, 0.2) is 0 Å². The van der Waals surface area contributed by atoms with Crippen LogP contribution in [0, 0.1) is 5.82 Å². The summed E-state index contributed by atoms with van der Waals surface area (Å²) in [5.41, 5.74) is -1.13. The van der Waals surface area contributed by atoms with Crippen LogP contribution in [0.1, 0.15) is 0 Å². The van der Waals surface area contributed by atoms with Crippen molar-refractivity contribution in [3.63, 3.8) is 0 Å². The average Bonchev–Trinajstić information content (AvgIpc) is 2.45. The predicted molar refractivity (Wildman–Crippen MR) is 44.9 cm³/mol. The summed E-state index contributed by atoms with van der Waals surface area (Å²) in [6, 6.07) is 4.14. The molecule has 0 aliphatic rings. The summed E-state index contributed by atoms with van der Waals surface area (Å²) < 4.78 is 53.7. The van der Waals surface area contributed by atoms with Crippen molar-refractivity contribution in [2.45, 2.75) is 0 Å². The van der Waals surface area contributed by atoms with Crippen LogP contribution in [-0.2, 0) is 0 Å². The Morgan fingerprint density at radius 2 is 1.73 bits per heavy atom. The van der Waals surface area contributed by atoms with Gasteiger partial charge in [0.25, 0.3) is 0 Å². The van der Waals surface area contributed by atoms with Gasteiger partial charge in [0.2, 0.25) is 0 Å². The predicted octanol–water partition coefficient (Wildman–Crippen LogP) is -0.370. The molecular weight excluding hydrogens is 238 g/mol. The first-order chi connectivity index (χ1) is 6.47. The van der Waals surface area contributed by atoms with Crippen LogP contribution in [0.5, 0.6) is 0 Å². The Hall–Kier alpha value is 0.181. The first kappa shape index (κ1) is 13.2. The monoisotopic (exact) mass is 242 g/mol. The van der Waals surface area contributed by atoms with E-state index in [1.807, 2.05) is 0 Å². The summed E-state index contributed by atoms with van der Waals surface area (Å²) in [5, 5.41) is 0.251. The van der Waals surface area contributed by atoms with Gasteiger partial charge in [-0.1, -0.05) is 0 Å². The molecule has 0 spiro atoms. The fourth-order valence-electron chi connectivity index (χ4n) is 1.19. The van der Waals surface area contributed by atoms with Gasteiger partial charge in [-0.05, 0) is 18.2 Å². The molecule has 0 atom stereocenters. The van der Waals surface area contributed by atoms with E-state index >= 15 is 0 Å². The SMILES string of the molecule is Fc1ccc2cc([B-](F)(F)F)oc2c1.[K+]. The topological polar surface area (TPSA) is 13.1 Å². The minimum atomic E-state index is -5.16. The third kappa shape index (κ3) is 2.85. The van der Waals surface area contributed by atoms with Crippen LogP contribution >= 0.6 is 0 Å². The number of furan rings is 1. The van der Waals surface area contributed by atoms with Crippen molar-refractivity contribution in [3.05, 3.63) is 30.1 Å². The molecule has 0 saturated carbocycles. The second-order valence-corrected chi connectivity index (χ2v) is 2.91. The molecule has 1 nitrogen and oxygen atoms in total. The van der Waals surface area contributed by atoms with E-state index in [2.05, 4.69) is 4.42 Å². The Morgan fingerprint density at radius 1 is 1.07 bits per heavy atom. The Bertz CT molecular complexity index is 479. The van der Waals surface area contributed by atoms with E-state index in [-0.39, 0.29) is 62.4 Å². The van der Waals surface area contributed by atoms with E-state index in [1.54, 1.807) is 0 Å². The van der Waals surface area contributed by atoms with Crippen LogP contribution in [0.15, 0.2) is 28.7 Å². The Balaban J connectivity index is 0.00000112. The molecule has 1 aromatic carbocycles. The van der Waals surface area contributed by atoms with Gasteiger partial charge < -0.3 is 17.4 Å². The smallest absolute Gasteiger partial charge is 0.493 e. The maximum atomic E-state index is 12.6. The quantitative estimate of drug-likeness (QED) is 0.491. The molecule has 7 heteroatoms. The van der Waals surface area contributed by atoms with Gasteiger partial charge in [-0.25, -0.2) is 4.39 Å². The van der Waals surface area contributed by atoms with Crippen molar-refractivity contribution < 1.29 is 73.1 Å². The van der Waals surface area contributed by atoms with Gasteiger partial charge in [0.1, 0.15) is 11.4 Å². The third-order valence-electron chi connectivity index (χ3n) is 1.82. The maximum Gasteiger partial charge on any atom is 1.00 e. The fourth-order valence-corrected chi connectivity index (χ4v) is 1.19. The molecule has 0 radical (unpaired) electrons. The molecule has 74 valence electrons. The van der Waals surface area contributed by atoms with Crippen molar-refractivity contribution in [3.8, 4) is 0 Å². The Labute approximate surface area is 125 Å². The summed E-state index contributed by atoms with van der Waals surface area (Å²) >= 11 is 0. The van der Waals surface area contributed by atoms with E-state index in [1.165, 1.54) is 6.07 Å². The molecule has 0 unspecified atom stereocenters. The minimum Gasteiger partial charge on any atom is -0.493 e. The second kappa shape index (κ2) is 4.59. The molecule has 0 aliphatic heterocycles. The van der Waals surface area contributed by atoms with E-state index in [0.29, 0.717) is 0 Å². The fraction of sp³-hybridized carbons (Fsp3) is 0. The molecule has 0 saturated heterocycles. The van der Waals surface area contributed by atoms with E-state index in [0.717, 1.165) is 18.2 Å². The van der Waals surface area contributed by atoms with E-state index < -0.39 is 18.5 Å². The molecule has 2 rings (SSSR count). The standard InChI is InChI=1S/C8H4BF4O.K/c10-6-2-1-5-3-8(9(11,12)13)14-7(5)4-6;/h1-4H;/q-1;+1. The summed E-state index contributed by atoms with van der Waals surface area (Å²) in [5.74, 6) is -0.618. The summed E-state index contributed by atoms with van der Waals surface area (Å²) in [6.07, 6.45) is 0. The van der Waals surface area contributed by atoms with Crippen LogP contribution in [0.3, 0.4) is 0 Å². The molecule has 1 aromatic heterocycles. The van der Waals surface area contributed by atoms with Crippen LogP contribution in [0.2, 0.25) is 0 Å². The van der Waals surface area contributed by atoms with Crippen LogP contribution in [0.25, 0.3) is 11.0 Å². The number of halogens is 4. The van der Waals surface area contributed by atoms with Crippen LogP contribution in [0.4, 0.5) is 17.3 Å². The summed E-state index contributed by atoms with van der Waals surface area (Å²) in [6.45, 7) is -5.16. The van der Waals surface area contributed by atoms with Crippen LogP contribution in [-0.4, -0.2) is 6.98 Å². The third-order valence-corrected chi connectivity index (χ3v) is 1.82. The molecule has 0 N–H and O–H groups in total. The minimum absolute atomic E-state index is 0. The normalized spacial score (nSPS) is 11.5. The maximum absolute atomic E-state index is 12.6. The zero-order chi connectivity index (χ0) is 10.3. The molecule has 0 fully saturated rings. The molecule has 15 heavy (non-hydrogen) atoms. The van der Waals surface area contributed by atoms with Gasteiger partial charge >= 0.3 is 58.4 Å². The average molecular weight is 242 g/mol. The largest absolute Gasteiger partial charge is 1.00 e. The number of benzene rings is 1. The van der Waals surface area contributed by atoms with Crippen LogP contribution < -0.4 is 57.0 Å². The molecule has 0 amide bonds. The van der Waals surface area contributed by atoms with Gasteiger partial charge in [0, 0.05) is 17.1 Å². The second-order valence-electron chi connectivity index (χ2n) is 2.91. The van der Waals surface area contributed by atoms with Crippen molar-refractivity contribution >= 4 is 23.6 Å². The van der Waals surface area contributed by atoms with Gasteiger partial charge in [0.05, 0.1) is 0 Å². The molecule has 0 bridgehead atoms. The van der Waals surface area contributed by atoms with Crippen molar-refractivity contribution in [2.24, 2.45) is 0 Å². The van der Waals surface area contributed by atoms with Gasteiger partial charge in [-0.3, -0.25) is 0 Å². The van der Waals surface area contributed by atoms with Crippen molar-refractivity contribution in [1.29, 1.82) is 0 Å². The zero-order valence-corrected chi connectivity index (χ0v) is 10.9.